The largest absolute Gasteiger partial charge is 0.333 e. The highest BCUT2D eigenvalue weighted by atomic mass is 79.9. The second-order valence-electron chi connectivity index (χ2n) is 5.36. The van der Waals surface area contributed by atoms with Crippen LogP contribution in [0.2, 0.25) is 0 Å². The van der Waals surface area contributed by atoms with Gasteiger partial charge in [-0.3, -0.25) is 9.59 Å². The molecule has 0 atom stereocenters. The van der Waals surface area contributed by atoms with E-state index in [1.165, 1.54) is 0 Å². The summed E-state index contributed by atoms with van der Waals surface area (Å²) in [6.07, 6.45) is 2.91. The molecule has 1 heterocycles. The van der Waals surface area contributed by atoms with Crippen molar-refractivity contribution in [1.29, 1.82) is 0 Å². The van der Waals surface area contributed by atoms with Crippen LogP contribution in [0.4, 0.5) is 0 Å². The molecule has 1 aliphatic rings. The van der Waals surface area contributed by atoms with Crippen molar-refractivity contribution in [3.63, 3.8) is 0 Å². The van der Waals surface area contributed by atoms with Gasteiger partial charge < -0.3 is 9.80 Å². The number of alkyl halides is 1. The van der Waals surface area contributed by atoms with Crippen LogP contribution in [-0.4, -0.2) is 53.1 Å². The van der Waals surface area contributed by atoms with Crippen molar-refractivity contribution in [3.05, 3.63) is 0 Å². The first-order valence-corrected chi connectivity index (χ1v) is 8.29. The van der Waals surface area contributed by atoms with E-state index in [9.17, 15) is 9.59 Å². The molecule has 0 N–H and O–H groups in total. The Kier molecular flexibility index (Phi) is 6.30. The number of amides is 2. The molecule has 0 spiro atoms. The lowest BCUT2D eigenvalue weighted by Crippen LogP contribution is -2.56. The molecular weight excluding hydrogens is 308 g/mol. The maximum Gasteiger partial charge on any atom is 0.312 e. The molecule has 0 bridgehead atoms. The summed E-state index contributed by atoms with van der Waals surface area (Å²) in [5.41, 5.74) is 0.0862. The third-order valence-electron chi connectivity index (χ3n) is 4.20. The Labute approximate surface area is 124 Å². The fourth-order valence-corrected chi connectivity index (χ4v) is 3.43. The highest BCUT2D eigenvalue weighted by Crippen LogP contribution is 2.30. The summed E-state index contributed by atoms with van der Waals surface area (Å²) in [5.74, 6) is -0.657. The fraction of sp³-hybridized carbons (Fsp3) is 0.857. The highest BCUT2D eigenvalue weighted by Gasteiger charge is 2.36. The molecule has 0 aromatic carbocycles. The molecule has 0 aromatic heterocycles. The van der Waals surface area contributed by atoms with Gasteiger partial charge in [-0.1, -0.05) is 36.7 Å². The summed E-state index contributed by atoms with van der Waals surface area (Å²) in [7, 11) is 0. The third kappa shape index (κ3) is 3.71. The summed E-state index contributed by atoms with van der Waals surface area (Å²) >= 11 is 3.56. The van der Waals surface area contributed by atoms with Gasteiger partial charge in [-0.15, -0.1) is 0 Å². The van der Waals surface area contributed by atoms with Gasteiger partial charge in [0.05, 0.1) is 0 Å². The number of rotatable bonds is 7. The zero-order valence-corrected chi connectivity index (χ0v) is 13.8. The van der Waals surface area contributed by atoms with Crippen LogP contribution in [-0.2, 0) is 9.59 Å². The predicted octanol–water partition coefficient (Wildman–Crippen LogP) is 2.27. The van der Waals surface area contributed by atoms with Crippen LogP contribution in [0.3, 0.4) is 0 Å². The molecule has 1 rings (SSSR count). The molecule has 1 saturated heterocycles. The van der Waals surface area contributed by atoms with Crippen LogP contribution in [0.15, 0.2) is 0 Å². The molecular formula is C14H25BrN2O2. The van der Waals surface area contributed by atoms with Gasteiger partial charge in [-0.25, -0.2) is 0 Å². The molecule has 4 nitrogen and oxygen atoms in total. The molecule has 2 amide bonds. The van der Waals surface area contributed by atoms with Crippen molar-refractivity contribution in [3.8, 4) is 0 Å². The van der Waals surface area contributed by atoms with Gasteiger partial charge in [-0.2, -0.15) is 0 Å². The van der Waals surface area contributed by atoms with Crippen molar-refractivity contribution in [1.82, 2.24) is 9.80 Å². The minimum Gasteiger partial charge on any atom is -0.333 e. The second kappa shape index (κ2) is 7.27. The summed E-state index contributed by atoms with van der Waals surface area (Å²) in [6, 6.07) is 0. The van der Waals surface area contributed by atoms with Crippen LogP contribution < -0.4 is 0 Å². The van der Waals surface area contributed by atoms with E-state index in [1.807, 2.05) is 6.92 Å². The normalized spacial score (nSPS) is 17.3. The molecule has 1 fully saturated rings. The lowest BCUT2D eigenvalue weighted by molar-refractivity contribution is -0.157. The van der Waals surface area contributed by atoms with E-state index in [1.54, 1.807) is 9.80 Å². The Bertz CT molecular complexity index is 321. The predicted molar refractivity (Wildman–Crippen MR) is 80.3 cm³/mol. The van der Waals surface area contributed by atoms with Gasteiger partial charge in [-0.05, 0) is 24.7 Å². The van der Waals surface area contributed by atoms with Gasteiger partial charge in [0.1, 0.15) is 0 Å². The number of piperazine rings is 1. The second-order valence-corrected chi connectivity index (χ2v) is 5.92. The minimum absolute atomic E-state index is 0.0862. The first-order valence-electron chi connectivity index (χ1n) is 7.17. The lowest BCUT2D eigenvalue weighted by Gasteiger charge is -2.40. The Balaban J connectivity index is 2.71. The van der Waals surface area contributed by atoms with Crippen LogP contribution in [0.25, 0.3) is 0 Å². The number of halogens is 1. The van der Waals surface area contributed by atoms with Crippen LogP contribution in [0.5, 0.6) is 0 Å². The molecule has 5 heteroatoms. The highest BCUT2D eigenvalue weighted by molar-refractivity contribution is 9.09. The zero-order valence-electron chi connectivity index (χ0n) is 12.2. The molecule has 0 saturated carbocycles. The number of hydrogen-bond acceptors (Lipinski definition) is 2. The van der Waals surface area contributed by atoms with Crippen molar-refractivity contribution in [2.45, 2.75) is 40.0 Å². The van der Waals surface area contributed by atoms with E-state index in [0.29, 0.717) is 26.2 Å². The molecule has 19 heavy (non-hydrogen) atoms. The molecule has 0 aliphatic carbocycles. The van der Waals surface area contributed by atoms with E-state index in [2.05, 4.69) is 29.8 Å². The Morgan fingerprint density at radius 1 is 1.05 bits per heavy atom. The fourth-order valence-electron chi connectivity index (χ4n) is 2.46. The van der Waals surface area contributed by atoms with Gasteiger partial charge in [0.2, 0.25) is 0 Å². The van der Waals surface area contributed by atoms with Crippen LogP contribution >= 0.6 is 15.9 Å². The van der Waals surface area contributed by atoms with Crippen LogP contribution in [0.1, 0.15) is 40.0 Å². The summed E-state index contributed by atoms with van der Waals surface area (Å²) in [5, 5.41) is 0.865. The maximum atomic E-state index is 12.2. The van der Waals surface area contributed by atoms with E-state index in [0.717, 1.165) is 24.6 Å². The first-order chi connectivity index (χ1) is 9.03. The molecule has 1 aliphatic heterocycles. The van der Waals surface area contributed by atoms with E-state index in [4.69, 9.17) is 0 Å². The Morgan fingerprint density at radius 2 is 1.58 bits per heavy atom. The Hall–Kier alpha value is -0.580. The monoisotopic (exact) mass is 332 g/mol. The number of carbonyl (C=O) groups is 2. The van der Waals surface area contributed by atoms with Crippen molar-refractivity contribution >= 4 is 27.7 Å². The zero-order chi connectivity index (χ0) is 14.5. The molecule has 0 radical (unpaired) electrons. The average molecular weight is 333 g/mol. The van der Waals surface area contributed by atoms with Gasteiger partial charge in [0.15, 0.2) is 0 Å². The average Bonchev–Trinajstić information content (AvgIpc) is 2.44. The lowest BCUT2D eigenvalue weighted by atomic mass is 9.84. The number of nitrogens with zero attached hydrogens (tertiary/aromatic N) is 2. The molecule has 0 aromatic rings. The molecule has 110 valence electrons. The smallest absolute Gasteiger partial charge is 0.312 e. The third-order valence-corrected chi connectivity index (χ3v) is 5.39. The Morgan fingerprint density at radius 3 is 2.05 bits per heavy atom. The van der Waals surface area contributed by atoms with E-state index in [-0.39, 0.29) is 17.2 Å². The maximum absolute atomic E-state index is 12.2. The number of carbonyl (C=O) groups excluding carboxylic acids is 2. The quantitative estimate of drug-likeness (QED) is 0.530. The summed E-state index contributed by atoms with van der Waals surface area (Å²) in [4.78, 5) is 27.6. The molecule has 0 unspecified atom stereocenters. The topological polar surface area (TPSA) is 40.6 Å². The summed E-state index contributed by atoms with van der Waals surface area (Å²) in [6.45, 7) is 9.01. The van der Waals surface area contributed by atoms with Gasteiger partial charge in [0.25, 0.3) is 0 Å². The number of hydrogen-bond donors (Lipinski definition) is 0. The minimum atomic E-state index is -0.330. The van der Waals surface area contributed by atoms with Gasteiger partial charge >= 0.3 is 11.8 Å². The SMILES string of the molecule is CCCN1CCN(CC(CC)(CC)CBr)C(=O)C1=O. The van der Waals surface area contributed by atoms with Crippen molar-refractivity contribution in [2.75, 3.05) is 31.5 Å². The summed E-state index contributed by atoms with van der Waals surface area (Å²) < 4.78 is 0. The van der Waals surface area contributed by atoms with Gasteiger partial charge in [0, 0.05) is 31.5 Å². The first kappa shape index (κ1) is 16.5. The van der Waals surface area contributed by atoms with Crippen molar-refractivity contribution in [2.24, 2.45) is 5.41 Å². The van der Waals surface area contributed by atoms with Crippen molar-refractivity contribution < 1.29 is 9.59 Å². The standard InChI is InChI=1S/C14H25BrN2O2/c1-4-7-16-8-9-17(13(19)12(16)18)11-14(5-2,6-3)10-15/h4-11H2,1-3H3. The van der Waals surface area contributed by atoms with E-state index < -0.39 is 0 Å². The van der Waals surface area contributed by atoms with E-state index >= 15 is 0 Å². The van der Waals surface area contributed by atoms with Crippen LogP contribution in [0, 0.1) is 5.41 Å².